The Morgan fingerprint density at radius 2 is 2.10 bits per heavy atom. The molecule has 0 spiro atoms. The Balaban J connectivity index is 1.75. The summed E-state index contributed by atoms with van der Waals surface area (Å²) in [5.74, 6) is 0.900. The van der Waals surface area contributed by atoms with Crippen LogP contribution in [0.1, 0.15) is 13.3 Å². The lowest BCUT2D eigenvalue weighted by Gasteiger charge is -2.37. The zero-order valence-corrected chi connectivity index (χ0v) is 11.3. The maximum atomic E-state index is 9.13. The third-order valence-electron chi connectivity index (χ3n) is 3.71. The number of hydrogen-bond donors (Lipinski definition) is 0. The predicted octanol–water partition coefficient (Wildman–Crippen LogP) is -0.0565. The maximum Gasteiger partial charge on any atom is 0.199 e. The van der Waals surface area contributed by atoms with Gasteiger partial charge in [-0.25, -0.2) is 0 Å². The van der Waals surface area contributed by atoms with Gasteiger partial charge in [0.25, 0.3) is 0 Å². The van der Waals surface area contributed by atoms with Gasteiger partial charge in [-0.3, -0.25) is 9.88 Å². The van der Waals surface area contributed by atoms with Crippen LogP contribution in [0, 0.1) is 11.3 Å². The Bertz CT molecular complexity index is 622. The van der Waals surface area contributed by atoms with Crippen molar-refractivity contribution in [3.05, 3.63) is 12.4 Å². The van der Waals surface area contributed by atoms with Crippen molar-refractivity contribution in [2.75, 3.05) is 31.1 Å². The number of nitriles is 1. The van der Waals surface area contributed by atoms with Gasteiger partial charge in [0, 0.05) is 26.2 Å². The lowest BCUT2D eigenvalue weighted by Crippen LogP contribution is -2.50. The second-order valence-corrected chi connectivity index (χ2v) is 4.79. The molecule has 0 amide bonds. The average Bonchev–Trinajstić information content (AvgIpc) is 2.98. The Kier molecular flexibility index (Phi) is 3.43. The molecule has 1 atom stereocenters. The van der Waals surface area contributed by atoms with Crippen molar-refractivity contribution in [3.63, 3.8) is 0 Å². The molecule has 3 heterocycles. The van der Waals surface area contributed by atoms with E-state index < -0.39 is 0 Å². The molecular weight excluding hydrogens is 256 g/mol. The first-order valence-corrected chi connectivity index (χ1v) is 6.74. The molecule has 8 nitrogen and oxygen atoms in total. The average molecular weight is 272 g/mol. The summed E-state index contributed by atoms with van der Waals surface area (Å²) in [6.07, 6.45) is 4.28. The van der Waals surface area contributed by atoms with Crippen molar-refractivity contribution in [1.29, 1.82) is 5.26 Å². The molecule has 0 aromatic carbocycles. The third kappa shape index (κ3) is 2.16. The van der Waals surface area contributed by atoms with Crippen LogP contribution in [0.5, 0.6) is 0 Å². The van der Waals surface area contributed by atoms with Gasteiger partial charge >= 0.3 is 0 Å². The highest BCUT2D eigenvalue weighted by Crippen LogP contribution is 2.16. The molecule has 0 bridgehead atoms. The molecule has 0 aliphatic carbocycles. The summed E-state index contributed by atoms with van der Waals surface area (Å²) < 4.78 is 1.70. The number of piperazine rings is 1. The van der Waals surface area contributed by atoms with Gasteiger partial charge in [-0.05, 0) is 16.8 Å². The molecule has 0 N–H and O–H groups in total. The summed E-state index contributed by atoms with van der Waals surface area (Å²) in [5.41, 5.74) is 0.647. The molecule has 2 aromatic heterocycles. The van der Waals surface area contributed by atoms with E-state index in [-0.39, 0.29) is 6.04 Å². The summed E-state index contributed by atoms with van der Waals surface area (Å²) >= 11 is 0. The van der Waals surface area contributed by atoms with Crippen LogP contribution in [-0.4, -0.2) is 62.1 Å². The highest BCUT2D eigenvalue weighted by molar-refractivity contribution is 5.46. The smallest absolute Gasteiger partial charge is 0.199 e. The minimum Gasteiger partial charge on any atom is -0.353 e. The van der Waals surface area contributed by atoms with Gasteiger partial charge in [0.05, 0.1) is 24.5 Å². The molecule has 104 valence electrons. The van der Waals surface area contributed by atoms with E-state index in [0.717, 1.165) is 38.4 Å². The molecule has 1 aliphatic heterocycles. The highest BCUT2D eigenvalue weighted by atomic mass is 15.5. The molecule has 8 heteroatoms. The Morgan fingerprint density at radius 1 is 1.30 bits per heavy atom. The van der Waals surface area contributed by atoms with Gasteiger partial charge in [0.1, 0.15) is 0 Å². The molecule has 0 radical (unpaired) electrons. The van der Waals surface area contributed by atoms with Crippen LogP contribution in [0.4, 0.5) is 5.82 Å². The molecule has 1 saturated heterocycles. The van der Waals surface area contributed by atoms with E-state index in [1.54, 1.807) is 16.9 Å². The standard InChI is InChI=1S/C12H16N8/c1-2-10(7-13)18-3-5-19(6-4-18)12-9-14-8-11-15-16-17-20(11)12/h8-10H,2-6H2,1H3. The molecular formula is C12H16N8. The number of aromatic nitrogens is 5. The van der Waals surface area contributed by atoms with Crippen LogP contribution in [-0.2, 0) is 0 Å². The second-order valence-electron chi connectivity index (χ2n) is 4.79. The molecule has 1 fully saturated rings. The lowest BCUT2D eigenvalue weighted by atomic mass is 10.2. The van der Waals surface area contributed by atoms with Crippen molar-refractivity contribution in [2.45, 2.75) is 19.4 Å². The van der Waals surface area contributed by atoms with Crippen molar-refractivity contribution in [3.8, 4) is 6.07 Å². The van der Waals surface area contributed by atoms with Crippen molar-refractivity contribution < 1.29 is 0 Å². The fourth-order valence-electron chi connectivity index (χ4n) is 2.57. The number of tetrazole rings is 1. The second kappa shape index (κ2) is 5.38. The fourth-order valence-corrected chi connectivity index (χ4v) is 2.57. The van der Waals surface area contributed by atoms with E-state index in [0.29, 0.717) is 5.65 Å². The lowest BCUT2D eigenvalue weighted by molar-refractivity contribution is 0.215. The van der Waals surface area contributed by atoms with E-state index in [9.17, 15) is 0 Å². The molecule has 0 saturated carbocycles. The number of hydrogen-bond acceptors (Lipinski definition) is 7. The van der Waals surface area contributed by atoms with Gasteiger partial charge in [-0.2, -0.15) is 9.78 Å². The highest BCUT2D eigenvalue weighted by Gasteiger charge is 2.24. The first-order valence-electron chi connectivity index (χ1n) is 6.74. The number of fused-ring (bicyclic) bond motifs is 1. The van der Waals surface area contributed by atoms with Gasteiger partial charge in [0.15, 0.2) is 11.5 Å². The summed E-state index contributed by atoms with van der Waals surface area (Å²) in [4.78, 5) is 8.61. The summed E-state index contributed by atoms with van der Waals surface area (Å²) in [6, 6.07) is 2.37. The van der Waals surface area contributed by atoms with Crippen molar-refractivity contribution >= 4 is 11.5 Å². The monoisotopic (exact) mass is 272 g/mol. The van der Waals surface area contributed by atoms with Crippen LogP contribution in [0.3, 0.4) is 0 Å². The molecule has 1 aliphatic rings. The van der Waals surface area contributed by atoms with Gasteiger partial charge in [-0.1, -0.05) is 6.92 Å². The van der Waals surface area contributed by atoms with Gasteiger partial charge < -0.3 is 4.90 Å². The van der Waals surface area contributed by atoms with Crippen LogP contribution in [0.2, 0.25) is 0 Å². The zero-order valence-electron chi connectivity index (χ0n) is 11.3. The summed E-state index contributed by atoms with van der Waals surface area (Å²) in [7, 11) is 0. The van der Waals surface area contributed by atoms with Crippen LogP contribution < -0.4 is 4.90 Å². The van der Waals surface area contributed by atoms with Crippen LogP contribution >= 0.6 is 0 Å². The Hall–Kier alpha value is -2.27. The minimum absolute atomic E-state index is 0.0131. The van der Waals surface area contributed by atoms with E-state index in [1.165, 1.54) is 0 Å². The van der Waals surface area contributed by atoms with Crippen LogP contribution in [0.15, 0.2) is 12.4 Å². The Labute approximate surface area is 116 Å². The Morgan fingerprint density at radius 3 is 2.80 bits per heavy atom. The number of nitrogens with zero attached hydrogens (tertiary/aromatic N) is 8. The first kappa shape index (κ1) is 12.7. The largest absolute Gasteiger partial charge is 0.353 e. The molecule has 20 heavy (non-hydrogen) atoms. The van der Waals surface area contributed by atoms with Gasteiger partial charge in [0.2, 0.25) is 0 Å². The van der Waals surface area contributed by atoms with Crippen molar-refractivity contribution in [2.24, 2.45) is 0 Å². The third-order valence-corrected chi connectivity index (χ3v) is 3.71. The summed E-state index contributed by atoms with van der Waals surface area (Å²) in [6.45, 7) is 5.47. The number of anilines is 1. The maximum absolute atomic E-state index is 9.13. The molecule has 3 rings (SSSR count). The number of rotatable bonds is 3. The topological polar surface area (TPSA) is 86.2 Å². The quantitative estimate of drug-likeness (QED) is 0.773. The van der Waals surface area contributed by atoms with Gasteiger partial charge in [-0.15, -0.1) is 5.10 Å². The predicted molar refractivity (Wildman–Crippen MR) is 72.1 cm³/mol. The van der Waals surface area contributed by atoms with E-state index in [4.69, 9.17) is 5.26 Å². The molecule has 1 unspecified atom stereocenters. The minimum atomic E-state index is 0.0131. The zero-order chi connectivity index (χ0) is 13.9. The van der Waals surface area contributed by atoms with Crippen LogP contribution in [0.25, 0.3) is 5.65 Å². The fraction of sp³-hybridized carbons (Fsp3) is 0.583. The SMILES string of the molecule is CCC(C#N)N1CCN(c2cncc3nnnn23)CC1. The van der Waals surface area contributed by atoms with Crippen molar-refractivity contribution in [1.82, 2.24) is 29.9 Å². The molecule has 2 aromatic rings. The van der Waals surface area contributed by atoms with E-state index in [2.05, 4.69) is 36.4 Å². The first-order chi connectivity index (χ1) is 9.83. The summed E-state index contributed by atoms with van der Waals surface area (Å²) in [5, 5.41) is 20.7. The van der Waals surface area contributed by atoms with E-state index in [1.807, 2.05) is 6.92 Å². The normalized spacial score (nSPS) is 18.1. The van der Waals surface area contributed by atoms with E-state index >= 15 is 0 Å².